The lowest BCUT2D eigenvalue weighted by Gasteiger charge is -2.21. The zero-order valence-corrected chi connectivity index (χ0v) is 13.8. The van der Waals surface area contributed by atoms with Gasteiger partial charge in [0, 0.05) is 12.1 Å². The lowest BCUT2D eigenvalue weighted by molar-refractivity contribution is -0.127. The van der Waals surface area contributed by atoms with Crippen LogP contribution in [0.4, 0.5) is 0 Å². The second-order valence-corrected chi connectivity index (χ2v) is 5.88. The third kappa shape index (κ3) is 3.53. The molecule has 6 nitrogen and oxygen atoms in total. The van der Waals surface area contributed by atoms with Crippen LogP contribution in [0.1, 0.15) is 31.7 Å². The van der Waals surface area contributed by atoms with Crippen LogP contribution in [0.2, 0.25) is 0 Å². The maximum Gasteiger partial charge on any atom is 0.251 e. The molecule has 1 saturated heterocycles. The van der Waals surface area contributed by atoms with E-state index in [9.17, 15) is 9.59 Å². The number of hydrogen-bond donors (Lipinski definition) is 2. The molecule has 2 aliphatic heterocycles. The van der Waals surface area contributed by atoms with Crippen molar-refractivity contribution in [2.75, 3.05) is 19.8 Å². The Morgan fingerprint density at radius 1 is 1.42 bits per heavy atom. The average Bonchev–Trinajstić information content (AvgIpc) is 2.79. The molecule has 2 heterocycles. The van der Waals surface area contributed by atoms with Gasteiger partial charge in [0.1, 0.15) is 12.6 Å². The second-order valence-electron chi connectivity index (χ2n) is 5.88. The van der Waals surface area contributed by atoms with E-state index < -0.39 is 6.04 Å². The van der Waals surface area contributed by atoms with Crippen LogP contribution in [0.5, 0.6) is 11.5 Å². The number of hydrogen-bond acceptors (Lipinski definition) is 4. The zero-order valence-electron chi connectivity index (χ0n) is 13.8. The summed E-state index contributed by atoms with van der Waals surface area (Å²) in [6.07, 6.45) is 4.32. The minimum atomic E-state index is -0.475. The minimum Gasteiger partial charge on any atom is -0.490 e. The van der Waals surface area contributed by atoms with Gasteiger partial charge in [0.15, 0.2) is 11.5 Å². The molecule has 2 aliphatic rings. The Bertz CT molecular complexity index is 669. The van der Waals surface area contributed by atoms with Crippen molar-refractivity contribution < 1.29 is 19.1 Å². The van der Waals surface area contributed by atoms with Gasteiger partial charge in [0.05, 0.1) is 12.2 Å². The molecule has 0 aliphatic carbocycles. The van der Waals surface area contributed by atoms with E-state index in [1.807, 2.05) is 25.1 Å². The molecule has 2 N–H and O–H groups in total. The van der Waals surface area contributed by atoms with Gasteiger partial charge < -0.3 is 20.1 Å². The number of nitrogens with one attached hydrogen (secondary N) is 2. The fourth-order valence-corrected chi connectivity index (χ4v) is 2.91. The summed E-state index contributed by atoms with van der Waals surface area (Å²) in [6.45, 7) is 3.30. The summed E-state index contributed by atoms with van der Waals surface area (Å²) in [5, 5.41) is 5.64. The van der Waals surface area contributed by atoms with Crippen LogP contribution < -0.4 is 20.1 Å². The lowest BCUT2D eigenvalue weighted by atomic mass is 10.1. The van der Waals surface area contributed by atoms with E-state index in [0.29, 0.717) is 36.6 Å². The smallest absolute Gasteiger partial charge is 0.251 e. The molecular weight excluding hydrogens is 308 g/mol. The maximum atomic E-state index is 12.5. The monoisotopic (exact) mass is 330 g/mol. The molecule has 1 unspecified atom stereocenters. The number of benzene rings is 1. The summed E-state index contributed by atoms with van der Waals surface area (Å²) in [4.78, 5) is 24.4. The Kier molecular flexibility index (Phi) is 5.03. The number of amides is 2. The first-order valence-electron chi connectivity index (χ1n) is 8.37. The summed E-state index contributed by atoms with van der Waals surface area (Å²) < 4.78 is 11.3. The highest BCUT2D eigenvalue weighted by molar-refractivity contribution is 6.01. The van der Waals surface area contributed by atoms with Crippen molar-refractivity contribution in [3.8, 4) is 11.5 Å². The van der Waals surface area contributed by atoms with Gasteiger partial charge in [-0.15, -0.1) is 0 Å². The molecule has 128 valence electrons. The van der Waals surface area contributed by atoms with E-state index in [2.05, 4.69) is 10.6 Å². The fourth-order valence-electron chi connectivity index (χ4n) is 2.91. The van der Waals surface area contributed by atoms with E-state index in [-0.39, 0.29) is 18.4 Å². The van der Waals surface area contributed by atoms with Crippen LogP contribution in [0.25, 0.3) is 6.08 Å². The highest BCUT2D eigenvalue weighted by atomic mass is 16.5. The van der Waals surface area contributed by atoms with E-state index in [1.54, 1.807) is 6.08 Å². The van der Waals surface area contributed by atoms with E-state index >= 15 is 0 Å². The maximum absolute atomic E-state index is 12.5. The summed E-state index contributed by atoms with van der Waals surface area (Å²) in [7, 11) is 0. The summed E-state index contributed by atoms with van der Waals surface area (Å²) in [5.74, 6) is 0.957. The molecule has 0 radical (unpaired) electrons. The molecule has 1 fully saturated rings. The van der Waals surface area contributed by atoms with Crippen molar-refractivity contribution >= 4 is 17.9 Å². The van der Waals surface area contributed by atoms with Crippen LogP contribution in [-0.4, -0.2) is 37.6 Å². The molecule has 3 rings (SSSR count). The predicted molar refractivity (Wildman–Crippen MR) is 89.9 cm³/mol. The van der Waals surface area contributed by atoms with Crippen LogP contribution >= 0.6 is 0 Å². The Hall–Kier alpha value is -2.50. The van der Waals surface area contributed by atoms with Crippen LogP contribution in [0.3, 0.4) is 0 Å². The SMILES string of the molecule is CCOc1cccc2c1OCC(C(=O)NC1CCCCNC1=O)=C2. The first-order valence-corrected chi connectivity index (χ1v) is 8.37. The molecule has 1 atom stereocenters. The molecule has 0 spiro atoms. The molecule has 6 heteroatoms. The van der Waals surface area contributed by atoms with Crippen molar-refractivity contribution in [3.63, 3.8) is 0 Å². The number of fused-ring (bicyclic) bond motifs is 1. The second kappa shape index (κ2) is 7.38. The van der Waals surface area contributed by atoms with Gasteiger partial charge in [-0.2, -0.15) is 0 Å². The first-order chi connectivity index (χ1) is 11.7. The fraction of sp³-hybridized carbons (Fsp3) is 0.444. The number of ether oxygens (including phenoxy) is 2. The quantitative estimate of drug-likeness (QED) is 0.880. The molecule has 1 aromatic rings. The van der Waals surface area contributed by atoms with Gasteiger partial charge in [-0.05, 0) is 38.3 Å². The van der Waals surface area contributed by atoms with Crippen molar-refractivity contribution in [2.45, 2.75) is 32.2 Å². The van der Waals surface area contributed by atoms with Gasteiger partial charge in [-0.25, -0.2) is 0 Å². The van der Waals surface area contributed by atoms with E-state index in [0.717, 1.165) is 18.4 Å². The molecule has 0 bridgehead atoms. The predicted octanol–water partition coefficient (Wildman–Crippen LogP) is 1.65. The molecule has 0 aromatic heterocycles. The van der Waals surface area contributed by atoms with Crippen LogP contribution in [0.15, 0.2) is 23.8 Å². The highest BCUT2D eigenvalue weighted by Crippen LogP contribution is 2.35. The molecule has 0 saturated carbocycles. The number of carbonyl (C=O) groups is 2. The molecular formula is C18H22N2O4. The van der Waals surface area contributed by atoms with Gasteiger partial charge >= 0.3 is 0 Å². The average molecular weight is 330 g/mol. The molecule has 1 aromatic carbocycles. The summed E-state index contributed by atoms with van der Waals surface area (Å²) in [6, 6.07) is 5.11. The Morgan fingerprint density at radius 3 is 3.12 bits per heavy atom. The number of carbonyl (C=O) groups excluding carboxylic acids is 2. The molecule has 2 amide bonds. The largest absolute Gasteiger partial charge is 0.490 e. The normalized spacial score (nSPS) is 20.0. The van der Waals surface area contributed by atoms with Crippen molar-refractivity contribution in [2.24, 2.45) is 0 Å². The number of rotatable bonds is 4. The van der Waals surface area contributed by atoms with Crippen LogP contribution in [-0.2, 0) is 9.59 Å². The van der Waals surface area contributed by atoms with E-state index in [4.69, 9.17) is 9.47 Å². The van der Waals surface area contributed by atoms with Gasteiger partial charge in [0.2, 0.25) is 5.91 Å². The third-order valence-electron chi connectivity index (χ3n) is 4.14. The minimum absolute atomic E-state index is 0.114. The van der Waals surface area contributed by atoms with Crippen molar-refractivity contribution in [1.82, 2.24) is 10.6 Å². The Morgan fingerprint density at radius 2 is 2.29 bits per heavy atom. The number of para-hydroxylation sites is 1. The third-order valence-corrected chi connectivity index (χ3v) is 4.14. The summed E-state index contributed by atoms with van der Waals surface area (Å²) >= 11 is 0. The van der Waals surface area contributed by atoms with Crippen molar-refractivity contribution in [3.05, 3.63) is 29.3 Å². The standard InChI is InChI=1S/C18H22N2O4/c1-2-23-15-8-5-6-12-10-13(11-24-16(12)15)17(21)20-14-7-3-4-9-19-18(14)22/h5-6,8,10,14H,2-4,7,9,11H2,1H3,(H,19,22)(H,20,21). The first kappa shape index (κ1) is 16.4. The highest BCUT2D eigenvalue weighted by Gasteiger charge is 2.26. The lowest BCUT2D eigenvalue weighted by Crippen LogP contribution is -2.46. The van der Waals surface area contributed by atoms with Crippen LogP contribution in [0, 0.1) is 0 Å². The Labute approximate surface area is 141 Å². The van der Waals surface area contributed by atoms with Gasteiger partial charge in [-0.1, -0.05) is 12.1 Å². The zero-order chi connectivity index (χ0) is 16.9. The van der Waals surface area contributed by atoms with Crippen molar-refractivity contribution in [1.29, 1.82) is 0 Å². The van der Waals surface area contributed by atoms with Gasteiger partial charge in [-0.3, -0.25) is 9.59 Å². The van der Waals surface area contributed by atoms with Gasteiger partial charge in [0.25, 0.3) is 5.91 Å². The topological polar surface area (TPSA) is 76.7 Å². The summed E-state index contributed by atoms with van der Waals surface area (Å²) in [5.41, 5.74) is 1.32. The molecule has 24 heavy (non-hydrogen) atoms. The van der Waals surface area contributed by atoms with E-state index in [1.165, 1.54) is 0 Å². The Balaban J connectivity index is 1.74.